The van der Waals surface area contributed by atoms with Gasteiger partial charge in [-0.15, -0.1) is 0 Å². The van der Waals surface area contributed by atoms with Crippen LogP contribution >= 0.6 is 0 Å². The van der Waals surface area contributed by atoms with Gasteiger partial charge in [0.15, 0.2) is 23.9 Å². The van der Waals surface area contributed by atoms with Gasteiger partial charge in [-0.1, -0.05) is 12.1 Å². The molecule has 0 spiro atoms. The minimum atomic E-state index is -0.0451. The molecule has 2 aromatic rings. The fourth-order valence-electron chi connectivity index (χ4n) is 4.00. The quantitative estimate of drug-likeness (QED) is 0.508. The van der Waals surface area contributed by atoms with Crippen LogP contribution in [0.5, 0.6) is 17.2 Å². The number of piperidine rings is 1. The average molecular weight is 440 g/mol. The second kappa shape index (κ2) is 11.6. The molecule has 1 aliphatic rings. The fourth-order valence-corrected chi connectivity index (χ4v) is 4.00. The molecule has 0 aromatic heterocycles. The number of nitrogens with zero attached hydrogens (tertiary/aromatic N) is 1. The Balaban J connectivity index is 1.42. The third kappa shape index (κ3) is 6.49. The van der Waals surface area contributed by atoms with Crippen molar-refractivity contribution in [1.29, 1.82) is 0 Å². The van der Waals surface area contributed by atoms with Crippen molar-refractivity contribution in [2.45, 2.75) is 39.5 Å². The summed E-state index contributed by atoms with van der Waals surface area (Å²) >= 11 is 0. The van der Waals surface area contributed by atoms with Crippen LogP contribution in [0.1, 0.15) is 49.0 Å². The van der Waals surface area contributed by atoms with Crippen LogP contribution in [0.2, 0.25) is 0 Å². The van der Waals surface area contributed by atoms with E-state index in [1.165, 1.54) is 19.6 Å². The normalized spacial score (nSPS) is 14.2. The van der Waals surface area contributed by atoms with E-state index in [4.69, 9.17) is 14.2 Å². The van der Waals surface area contributed by atoms with Gasteiger partial charge in [-0.25, -0.2) is 0 Å². The number of methoxy groups -OCH3 is 1. The summed E-state index contributed by atoms with van der Waals surface area (Å²) in [7, 11) is 1.52. The van der Waals surface area contributed by atoms with Crippen molar-refractivity contribution < 1.29 is 23.8 Å². The zero-order valence-corrected chi connectivity index (χ0v) is 19.3. The molecule has 2 aromatic carbocycles. The van der Waals surface area contributed by atoms with Gasteiger partial charge in [0.25, 0.3) is 5.91 Å². The summed E-state index contributed by atoms with van der Waals surface area (Å²) in [5.74, 6) is 2.40. The number of likely N-dealkylation sites (tertiary alicyclic amines) is 1. The number of aryl methyl sites for hydroxylation is 1. The smallest absolute Gasteiger partial charge is 0.260 e. The van der Waals surface area contributed by atoms with Gasteiger partial charge >= 0.3 is 0 Å². The van der Waals surface area contributed by atoms with Gasteiger partial charge in [0.05, 0.1) is 13.7 Å². The standard InChI is InChI=1S/C26H33NO5/c1-4-31-23-10-7-20(8-11-23)5-6-21-13-15-27(16-14-21)26(29)18-32-24-12-9-22(19(2)28)17-25(24)30-3/h7-12,17,21H,4-6,13-16,18H2,1-3H3. The van der Waals surface area contributed by atoms with Crippen LogP contribution in [0.4, 0.5) is 0 Å². The van der Waals surface area contributed by atoms with Crippen molar-refractivity contribution in [3.8, 4) is 17.2 Å². The van der Waals surface area contributed by atoms with E-state index in [0.717, 1.165) is 44.5 Å². The number of rotatable bonds is 10. The molecule has 0 atom stereocenters. The zero-order valence-electron chi connectivity index (χ0n) is 19.3. The van der Waals surface area contributed by atoms with Crippen LogP contribution < -0.4 is 14.2 Å². The van der Waals surface area contributed by atoms with E-state index in [9.17, 15) is 9.59 Å². The summed E-state index contributed by atoms with van der Waals surface area (Å²) in [6.45, 7) is 5.66. The topological polar surface area (TPSA) is 65.1 Å². The second-order valence-corrected chi connectivity index (χ2v) is 8.15. The molecule has 3 rings (SSSR count). The number of benzene rings is 2. The third-order valence-corrected chi connectivity index (χ3v) is 5.96. The van der Waals surface area contributed by atoms with Gasteiger partial charge in [-0.3, -0.25) is 9.59 Å². The highest BCUT2D eigenvalue weighted by atomic mass is 16.5. The first-order valence-electron chi connectivity index (χ1n) is 11.3. The fraction of sp³-hybridized carbons (Fsp3) is 0.462. The molecule has 0 radical (unpaired) electrons. The van der Waals surface area contributed by atoms with Gasteiger partial charge in [0, 0.05) is 18.7 Å². The maximum absolute atomic E-state index is 12.6. The van der Waals surface area contributed by atoms with Crippen LogP contribution in [-0.4, -0.2) is 50.0 Å². The lowest BCUT2D eigenvalue weighted by molar-refractivity contribution is -0.134. The highest BCUT2D eigenvalue weighted by Crippen LogP contribution is 2.29. The Morgan fingerprint density at radius 2 is 1.72 bits per heavy atom. The maximum atomic E-state index is 12.6. The molecule has 1 fully saturated rings. The van der Waals surface area contributed by atoms with E-state index in [0.29, 0.717) is 29.6 Å². The number of ketones is 1. The maximum Gasteiger partial charge on any atom is 0.260 e. The highest BCUT2D eigenvalue weighted by molar-refractivity contribution is 5.94. The molecule has 172 valence electrons. The van der Waals surface area contributed by atoms with Crippen molar-refractivity contribution in [3.05, 3.63) is 53.6 Å². The van der Waals surface area contributed by atoms with Gasteiger partial charge in [-0.2, -0.15) is 0 Å². The SMILES string of the molecule is CCOc1ccc(CCC2CCN(C(=O)COc3ccc(C(C)=O)cc3OC)CC2)cc1. The summed E-state index contributed by atoms with van der Waals surface area (Å²) in [5, 5.41) is 0. The molecule has 0 unspecified atom stereocenters. The molecule has 6 heteroatoms. The summed E-state index contributed by atoms with van der Waals surface area (Å²) < 4.78 is 16.5. The van der Waals surface area contributed by atoms with Crippen LogP contribution in [0.3, 0.4) is 0 Å². The molecule has 1 amide bonds. The van der Waals surface area contributed by atoms with Crippen LogP contribution in [0.25, 0.3) is 0 Å². The van der Waals surface area contributed by atoms with E-state index >= 15 is 0 Å². The van der Waals surface area contributed by atoms with Gasteiger partial charge < -0.3 is 19.1 Å². The lowest BCUT2D eigenvalue weighted by atomic mass is 9.90. The Labute approximate surface area is 190 Å². The summed E-state index contributed by atoms with van der Waals surface area (Å²) in [5.41, 5.74) is 1.87. The Bertz CT molecular complexity index is 901. The van der Waals surface area contributed by atoms with Crippen molar-refractivity contribution >= 4 is 11.7 Å². The van der Waals surface area contributed by atoms with Crippen molar-refractivity contribution in [2.24, 2.45) is 5.92 Å². The number of carbonyl (C=O) groups excluding carboxylic acids is 2. The lowest BCUT2D eigenvalue weighted by Gasteiger charge is -2.32. The van der Waals surface area contributed by atoms with Gasteiger partial charge in [0.1, 0.15) is 5.75 Å². The Morgan fingerprint density at radius 1 is 1.00 bits per heavy atom. The Hall–Kier alpha value is -3.02. The molecule has 32 heavy (non-hydrogen) atoms. The lowest BCUT2D eigenvalue weighted by Crippen LogP contribution is -2.41. The summed E-state index contributed by atoms with van der Waals surface area (Å²) in [6, 6.07) is 13.3. The first kappa shape index (κ1) is 23.6. The first-order valence-corrected chi connectivity index (χ1v) is 11.3. The molecule has 0 saturated carbocycles. The summed E-state index contributed by atoms with van der Waals surface area (Å²) in [6.07, 6.45) is 4.20. The van der Waals surface area contributed by atoms with E-state index in [-0.39, 0.29) is 18.3 Å². The van der Waals surface area contributed by atoms with Gasteiger partial charge in [-0.05, 0) is 81.3 Å². The largest absolute Gasteiger partial charge is 0.494 e. The number of Topliss-reactive ketones (excluding diaryl/α,β-unsaturated/α-hetero) is 1. The van der Waals surface area contributed by atoms with E-state index in [1.807, 2.05) is 24.0 Å². The minimum absolute atomic E-state index is 0.0207. The highest BCUT2D eigenvalue weighted by Gasteiger charge is 2.23. The average Bonchev–Trinajstić information content (AvgIpc) is 2.82. The molecule has 0 N–H and O–H groups in total. The third-order valence-electron chi connectivity index (χ3n) is 5.96. The number of hydrogen-bond donors (Lipinski definition) is 0. The van der Waals surface area contributed by atoms with E-state index in [2.05, 4.69) is 12.1 Å². The van der Waals surface area contributed by atoms with Gasteiger partial charge in [0.2, 0.25) is 0 Å². The zero-order chi connectivity index (χ0) is 22.9. The van der Waals surface area contributed by atoms with Crippen molar-refractivity contribution in [1.82, 2.24) is 4.90 Å². The molecule has 1 saturated heterocycles. The number of carbonyl (C=O) groups is 2. The first-order chi connectivity index (χ1) is 15.5. The molecular formula is C26H33NO5. The molecule has 6 nitrogen and oxygen atoms in total. The Kier molecular flexibility index (Phi) is 8.54. The Morgan fingerprint density at radius 3 is 2.34 bits per heavy atom. The molecule has 1 aliphatic heterocycles. The molecule has 0 aliphatic carbocycles. The molecule has 1 heterocycles. The summed E-state index contributed by atoms with van der Waals surface area (Å²) in [4.78, 5) is 26.0. The number of ether oxygens (including phenoxy) is 3. The van der Waals surface area contributed by atoms with Crippen LogP contribution in [0.15, 0.2) is 42.5 Å². The second-order valence-electron chi connectivity index (χ2n) is 8.15. The van der Waals surface area contributed by atoms with Crippen LogP contribution in [-0.2, 0) is 11.2 Å². The van der Waals surface area contributed by atoms with Crippen LogP contribution in [0, 0.1) is 5.92 Å². The minimum Gasteiger partial charge on any atom is -0.494 e. The van der Waals surface area contributed by atoms with Crippen molar-refractivity contribution in [3.63, 3.8) is 0 Å². The molecular weight excluding hydrogens is 406 g/mol. The predicted octanol–water partition coefficient (Wildman–Crippen LogP) is 4.55. The van der Waals surface area contributed by atoms with E-state index in [1.54, 1.807) is 18.2 Å². The number of amides is 1. The predicted molar refractivity (Wildman–Crippen MR) is 124 cm³/mol. The molecule has 0 bridgehead atoms. The van der Waals surface area contributed by atoms with Crippen molar-refractivity contribution in [2.75, 3.05) is 33.4 Å². The monoisotopic (exact) mass is 439 g/mol. The van der Waals surface area contributed by atoms with E-state index < -0.39 is 0 Å². The number of hydrogen-bond acceptors (Lipinski definition) is 5.